The van der Waals surface area contributed by atoms with Crippen molar-refractivity contribution in [2.45, 2.75) is 18.2 Å². The average molecular weight is 401 g/mol. The van der Waals surface area contributed by atoms with E-state index < -0.39 is 0 Å². The van der Waals surface area contributed by atoms with Gasteiger partial charge in [-0.2, -0.15) is 0 Å². The van der Waals surface area contributed by atoms with Crippen LogP contribution in [-0.4, -0.2) is 60.5 Å². The highest BCUT2D eigenvalue weighted by Gasteiger charge is 2.18. The van der Waals surface area contributed by atoms with Gasteiger partial charge in [0.05, 0.1) is 30.9 Å². The normalized spacial score (nSPS) is 12.6. The SMILES string of the molecule is Cc1cc(C(=O)N(C)CCOCCSc2ccc3c(c2)CC(=O)N3)c(C=O)[nH]1. The molecule has 2 N–H and O–H groups in total. The molecule has 8 heteroatoms. The highest BCUT2D eigenvalue weighted by molar-refractivity contribution is 7.99. The second-order valence-corrected chi connectivity index (χ2v) is 7.80. The minimum absolute atomic E-state index is 0.0363. The van der Waals surface area contributed by atoms with Gasteiger partial charge in [-0.05, 0) is 36.8 Å². The third kappa shape index (κ3) is 4.82. The maximum atomic E-state index is 12.4. The lowest BCUT2D eigenvalue weighted by atomic mass is 10.2. The van der Waals surface area contributed by atoms with Crippen molar-refractivity contribution in [2.24, 2.45) is 0 Å². The van der Waals surface area contributed by atoms with Gasteiger partial charge in [0.15, 0.2) is 6.29 Å². The Morgan fingerprint density at radius 2 is 2.14 bits per heavy atom. The fourth-order valence-electron chi connectivity index (χ4n) is 3.00. The van der Waals surface area contributed by atoms with Crippen LogP contribution in [0.1, 0.15) is 32.1 Å². The lowest BCUT2D eigenvalue weighted by molar-refractivity contribution is -0.115. The predicted molar refractivity (Wildman–Crippen MR) is 108 cm³/mol. The number of benzene rings is 1. The van der Waals surface area contributed by atoms with Gasteiger partial charge >= 0.3 is 0 Å². The molecule has 0 atom stereocenters. The number of aromatic amines is 1. The highest BCUT2D eigenvalue weighted by atomic mass is 32.2. The van der Waals surface area contributed by atoms with Crippen LogP contribution >= 0.6 is 11.8 Å². The first-order chi connectivity index (χ1) is 13.5. The first kappa shape index (κ1) is 20.2. The van der Waals surface area contributed by atoms with E-state index >= 15 is 0 Å². The number of nitrogens with zero attached hydrogens (tertiary/aromatic N) is 1. The Bertz CT molecular complexity index is 894. The summed E-state index contributed by atoms with van der Waals surface area (Å²) in [6.07, 6.45) is 1.10. The number of fused-ring (bicyclic) bond motifs is 1. The maximum Gasteiger partial charge on any atom is 0.255 e. The predicted octanol–water partition coefficient (Wildman–Crippen LogP) is 2.51. The van der Waals surface area contributed by atoms with Crippen LogP contribution in [0.15, 0.2) is 29.2 Å². The molecule has 0 radical (unpaired) electrons. The number of nitrogens with one attached hydrogen (secondary N) is 2. The van der Waals surface area contributed by atoms with Crippen molar-refractivity contribution in [3.8, 4) is 0 Å². The average Bonchev–Trinajstić information content (AvgIpc) is 3.24. The number of hydrogen-bond donors (Lipinski definition) is 2. The van der Waals surface area contributed by atoms with E-state index in [1.54, 1.807) is 36.7 Å². The molecule has 2 heterocycles. The molecule has 148 valence electrons. The monoisotopic (exact) mass is 401 g/mol. The zero-order chi connectivity index (χ0) is 20.1. The molecule has 0 bridgehead atoms. The number of carbonyl (C=O) groups excluding carboxylic acids is 3. The molecule has 0 unspecified atom stereocenters. The Kier molecular flexibility index (Phi) is 6.53. The lowest BCUT2D eigenvalue weighted by Gasteiger charge is -2.16. The van der Waals surface area contributed by atoms with Crippen LogP contribution in [0.4, 0.5) is 5.69 Å². The molecule has 2 amide bonds. The topological polar surface area (TPSA) is 91.5 Å². The molecule has 28 heavy (non-hydrogen) atoms. The van der Waals surface area contributed by atoms with Crippen LogP contribution in [0, 0.1) is 6.92 Å². The molecule has 1 aliphatic rings. The van der Waals surface area contributed by atoms with Crippen LogP contribution in [0.25, 0.3) is 0 Å². The van der Waals surface area contributed by atoms with Crippen molar-refractivity contribution in [2.75, 3.05) is 37.9 Å². The minimum Gasteiger partial charge on any atom is -0.379 e. The molecule has 1 aromatic carbocycles. The van der Waals surface area contributed by atoms with Crippen molar-refractivity contribution in [1.82, 2.24) is 9.88 Å². The van der Waals surface area contributed by atoms with E-state index in [0.29, 0.717) is 43.7 Å². The number of aromatic nitrogens is 1. The quantitative estimate of drug-likeness (QED) is 0.383. The maximum absolute atomic E-state index is 12.4. The van der Waals surface area contributed by atoms with E-state index in [4.69, 9.17) is 4.74 Å². The van der Waals surface area contributed by atoms with Crippen molar-refractivity contribution >= 4 is 35.5 Å². The first-order valence-electron chi connectivity index (χ1n) is 9.01. The van der Waals surface area contributed by atoms with Gasteiger partial charge in [0.25, 0.3) is 5.91 Å². The van der Waals surface area contributed by atoms with Crippen molar-refractivity contribution in [1.29, 1.82) is 0 Å². The lowest BCUT2D eigenvalue weighted by Crippen LogP contribution is -2.30. The number of aldehydes is 1. The second-order valence-electron chi connectivity index (χ2n) is 6.63. The van der Waals surface area contributed by atoms with Gasteiger partial charge in [0.1, 0.15) is 0 Å². The summed E-state index contributed by atoms with van der Waals surface area (Å²) in [6, 6.07) is 7.64. The number of carbonyl (C=O) groups is 3. The van der Waals surface area contributed by atoms with Crippen LogP contribution in [0.5, 0.6) is 0 Å². The molecule has 7 nitrogen and oxygen atoms in total. The number of anilines is 1. The van der Waals surface area contributed by atoms with Crippen LogP contribution in [0.2, 0.25) is 0 Å². The van der Waals surface area contributed by atoms with Gasteiger partial charge in [-0.25, -0.2) is 0 Å². The largest absolute Gasteiger partial charge is 0.379 e. The number of H-pyrrole nitrogens is 1. The van der Waals surface area contributed by atoms with Gasteiger partial charge in [0, 0.05) is 35.6 Å². The van der Waals surface area contributed by atoms with Crippen LogP contribution in [-0.2, 0) is 16.0 Å². The molecule has 0 saturated carbocycles. The summed E-state index contributed by atoms with van der Waals surface area (Å²) in [5, 5.41) is 2.82. The molecule has 0 aliphatic carbocycles. The van der Waals surface area contributed by atoms with E-state index in [-0.39, 0.29) is 11.8 Å². The summed E-state index contributed by atoms with van der Waals surface area (Å²) in [5.74, 6) is 0.615. The summed E-state index contributed by atoms with van der Waals surface area (Å²) in [5.41, 5.74) is 3.39. The van der Waals surface area contributed by atoms with Gasteiger partial charge < -0.3 is 19.9 Å². The van der Waals surface area contributed by atoms with Crippen LogP contribution < -0.4 is 5.32 Å². The van der Waals surface area contributed by atoms with Crippen molar-refractivity contribution in [3.63, 3.8) is 0 Å². The van der Waals surface area contributed by atoms with Gasteiger partial charge in [-0.1, -0.05) is 0 Å². The Hall–Kier alpha value is -2.58. The van der Waals surface area contributed by atoms with Gasteiger partial charge in [-0.3, -0.25) is 14.4 Å². The molecule has 3 rings (SSSR count). The summed E-state index contributed by atoms with van der Waals surface area (Å²) in [6.45, 7) is 3.23. The van der Waals surface area contributed by atoms with E-state index in [9.17, 15) is 14.4 Å². The number of thioether (sulfide) groups is 1. The van der Waals surface area contributed by atoms with E-state index in [1.165, 1.54) is 0 Å². The van der Waals surface area contributed by atoms with E-state index in [0.717, 1.165) is 27.6 Å². The number of hydrogen-bond acceptors (Lipinski definition) is 5. The highest BCUT2D eigenvalue weighted by Crippen LogP contribution is 2.28. The summed E-state index contributed by atoms with van der Waals surface area (Å²) in [7, 11) is 1.69. The third-order valence-electron chi connectivity index (χ3n) is 4.45. The second kappa shape index (κ2) is 9.07. The molecule has 0 spiro atoms. The summed E-state index contributed by atoms with van der Waals surface area (Å²) >= 11 is 1.67. The molecule has 2 aromatic rings. The summed E-state index contributed by atoms with van der Waals surface area (Å²) in [4.78, 5) is 40.4. The number of likely N-dealkylation sites (N-methyl/N-ethyl adjacent to an activating group) is 1. The first-order valence-corrected chi connectivity index (χ1v) is 10.00. The Morgan fingerprint density at radius 3 is 2.93 bits per heavy atom. The Morgan fingerprint density at radius 1 is 1.32 bits per heavy atom. The van der Waals surface area contributed by atoms with E-state index in [2.05, 4.69) is 10.3 Å². The van der Waals surface area contributed by atoms with E-state index in [1.807, 2.05) is 18.2 Å². The fraction of sp³-hybridized carbons (Fsp3) is 0.350. The molecule has 0 saturated heterocycles. The number of amides is 2. The Labute approximate surface area is 167 Å². The molecule has 1 aromatic heterocycles. The Balaban J connectivity index is 1.37. The molecule has 0 fully saturated rings. The standard InChI is InChI=1S/C20H23N3O4S/c1-13-9-16(18(12-24)21-13)20(26)23(2)5-6-27-7-8-28-15-3-4-17-14(10-15)11-19(25)22-17/h3-4,9-10,12,21H,5-8,11H2,1-2H3,(H,22,25). The molecule has 1 aliphatic heterocycles. The zero-order valence-corrected chi connectivity index (χ0v) is 16.7. The van der Waals surface area contributed by atoms with Gasteiger partial charge in [0.2, 0.25) is 5.91 Å². The van der Waals surface area contributed by atoms with Crippen molar-refractivity contribution in [3.05, 3.63) is 46.8 Å². The fourth-order valence-corrected chi connectivity index (χ4v) is 3.83. The van der Waals surface area contributed by atoms with Crippen LogP contribution in [0.3, 0.4) is 0 Å². The molecular weight excluding hydrogens is 378 g/mol. The number of ether oxygens (including phenoxy) is 1. The summed E-state index contributed by atoms with van der Waals surface area (Å²) < 4.78 is 5.63. The number of rotatable bonds is 9. The van der Waals surface area contributed by atoms with Gasteiger partial charge in [-0.15, -0.1) is 11.8 Å². The number of aryl methyl sites for hydroxylation is 1. The zero-order valence-electron chi connectivity index (χ0n) is 15.9. The minimum atomic E-state index is -0.203. The third-order valence-corrected chi connectivity index (χ3v) is 5.41. The van der Waals surface area contributed by atoms with Crippen molar-refractivity contribution < 1.29 is 19.1 Å². The molecular formula is C20H23N3O4S. The smallest absolute Gasteiger partial charge is 0.255 e.